The summed E-state index contributed by atoms with van der Waals surface area (Å²) in [6.07, 6.45) is 6.71. The molecule has 4 heteroatoms. The first kappa shape index (κ1) is 17.1. The van der Waals surface area contributed by atoms with Gasteiger partial charge in [0, 0.05) is 18.6 Å². The predicted octanol–water partition coefficient (Wildman–Crippen LogP) is 3.71. The average molecular weight is 335 g/mol. The monoisotopic (exact) mass is 334 g/mol. The Hall–Kier alpha value is -0.710. The summed E-state index contributed by atoms with van der Waals surface area (Å²) in [5, 5.41) is 3.86. The molecule has 23 heavy (non-hydrogen) atoms. The van der Waals surface area contributed by atoms with Crippen LogP contribution in [0.4, 0.5) is 0 Å². The number of nitrogens with one attached hydrogen (secondary N) is 1. The van der Waals surface area contributed by atoms with Gasteiger partial charge in [-0.3, -0.25) is 4.90 Å². The highest BCUT2D eigenvalue weighted by molar-refractivity contribution is 7.99. The standard InChI is InChI=1S/C19H30N2OS/c1-22-18-7-5-16(6-8-18)19(21-11-3-2-4-12-21)15-20-17-9-13-23-14-10-17/h5-8,17,19-20H,2-4,9-15H2,1H3. The average Bonchev–Trinajstić information content (AvgIpc) is 2.64. The minimum absolute atomic E-state index is 0.496. The Morgan fingerprint density at radius 1 is 1.13 bits per heavy atom. The Morgan fingerprint density at radius 2 is 1.83 bits per heavy atom. The van der Waals surface area contributed by atoms with E-state index in [0.717, 1.165) is 12.3 Å². The molecule has 1 N–H and O–H groups in total. The van der Waals surface area contributed by atoms with Crippen LogP contribution < -0.4 is 10.1 Å². The van der Waals surface area contributed by atoms with Crippen molar-refractivity contribution >= 4 is 11.8 Å². The molecule has 3 nitrogen and oxygen atoms in total. The molecule has 2 aliphatic rings. The van der Waals surface area contributed by atoms with Crippen molar-refractivity contribution in [3.05, 3.63) is 29.8 Å². The number of nitrogens with zero attached hydrogens (tertiary/aromatic N) is 1. The Bertz CT molecular complexity index is 453. The van der Waals surface area contributed by atoms with Crippen molar-refractivity contribution in [1.82, 2.24) is 10.2 Å². The van der Waals surface area contributed by atoms with E-state index in [1.807, 2.05) is 0 Å². The normalized spacial score (nSPS) is 22.0. The summed E-state index contributed by atoms with van der Waals surface area (Å²) in [4.78, 5) is 2.68. The van der Waals surface area contributed by atoms with Crippen molar-refractivity contribution < 1.29 is 4.74 Å². The molecule has 128 valence electrons. The fraction of sp³-hybridized carbons (Fsp3) is 0.684. The number of hydrogen-bond donors (Lipinski definition) is 1. The summed E-state index contributed by atoms with van der Waals surface area (Å²) >= 11 is 2.10. The van der Waals surface area contributed by atoms with Gasteiger partial charge in [-0.05, 0) is 68.0 Å². The smallest absolute Gasteiger partial charge is 0.118 e. The van der Waals surface area contributed by atoms with Crippen LogP contribution in [0.3, 0.4) is 0 Å². The van der Waals surface area contributed by atoms with E-state index >= 15 is 0 Å². The highest BCUT2D eigenvalue weighted by Crippen LogP contribution is 2.26. The maximum absolute atomic E-state index is 5.32. The van der Waals surface area contributed by atoms with Gasteiger partial charge in [0.1, 0.15) is 5.75 Å². The third kappa shape index (κ3) is 4.88. The number of thioether (sulfide) groups is 1. The van der Waals surface area contributed by atoms with Crippen LogP contribution in [0.15, 0.2) is 24.3 Å². The van der Waals surface area contributed by atoms with Crippen molar-refractivity contribution in [2.24, 2.45) is 0 Å². The quantitative estimate of drug-likeness (QED) is 0.857. The number of benzene rings is 1. The fourth-order valence-electron chi connectivity index (χ4n) is 3.69. The van der Waals surface area contributed by atoms with Gasteiger partial charge in [-0.15, -0.1) is 0 Å². The zero-order valence-corrected chi connectivity index (χ0v) is 15.1. The third-order valence-corrected chi connectivity index (χ3v) is 6.20. The lowest BCUT2D eigenvalue weighted by Crippen LogP contribution is -2.42. The minimum atomic E-state index is 0.496. The van der Waals surface area contributed by atoms with Gasteiger partial charge in [0.25, 0.3) is 0 Å². The molecule has 1 atom stereocenters. The molecule has 2 saturated heterocycles. The number of methoxy groups -OCH3 is 1. The highest BCUT2D eigenvalue weighted by atomic mass is 32.2. The van der Waals surface area contributed by atoms with Gasteiger partial charge < -0.3 is 10.1 Å². The lowest BCUT2D eigenvalue weighted by Gasteiger charge is -2.36. The lowest BCUT2D eigenvalue weighted by atomic mass is 10.0. The van der Waals surface area contributed by atoms with E-state index in [0.29, 0.717) is 12.1 Å². The minimum Gasteiger partial charge on any atom is -0.497 e. The summed E-state index contributed by atoms with van der Waals surface area (Å²) in [6, 6.07) is 9.90. The summed E-state index contributed by atoms with van der Waals surface area (Å²) in [6.45, 7) is 3.54. The predicted molar refractivity (Wildman–Crippen MR) is 99.5 cm³/mol. The van der Waals surface area contributed by atoms with E-state index in [2.05, 4.69) is 46.2 Å². The van der Waals surface area contributed by atoms with Crippen molar-refractivity contribution in [2.75, 3.05) is 38.2 Å². The number of piperidine rings is 1. The molecular formula is C19H30N2OS. The summed E-state index contributed by atoms with van der Waals surface area (Å²) < 4.78 is 5.32. The molecule has 2 fully saturated rings. The molecule has 0 bridgehead atoms. The van der Waals surface area contributed by atoms with Crippen molar-refractivity contribution in [3.63, 3.8) is 0 Å². The molecular weight excluding hydrogens is 304 g/mol. The maximum atomic E-state index is 5.32. The molecule has 1 unspecified atom stereocenters. The van der Waals surface area contributed by atoms with Crippen LogP contribution in [-0.4, -0.2) is 49.2 Å². The molecule has 0 spiro atoms. The van der Waals surface area contributed by atoms with Gasteiger partial charge in [-0.25, -0.2) is 0 Å². The molecule has 2 heterocycles. The number of hydrogen-bond acceptors (Lipinski definition) is 4. The van der Waals surface area contributed by atoms with E-state index < -0.39 is 0 Å². The highest BCUT2D eigenvalue weighted by Gasteiger charge is 2.23. The van der Waals surface area contributed by atoms with Crippen molar-refractivity contribution in [1.29, 1.82) is 0 Å². The molecule has 0 radical (unpaired) electrons. The van der Waals surface area contributed by atoms with Gasteiger partial charge in [0.2, 0.25) is 0 Å². The summed E-state index contributed by atoms with van der Waals surface area (Å²) in [7, 11) is 1.74. The van der Waals surface area contributed by atoms with Crippen LogP contribution in [0.5, 0.6) is 5.75 Å². The van der Waals surface area contributed by atoms with Crippen LogP contribution in [-0.2, 0) is 0 Å². The van der Waals surface area contributed by atoms with E-state index in [1.54, 1.807) is 7.11 Å². The first-order chi connectivity index (χ1) is 11.4. The number of rotatable bonds is 6. The van der Waals surface area contributed by atoms with Crippen LogP contribution >= 0.6 is 11.8 Å². The second-order valence-corrected chi connectivity index (χ2v) is 7.91. The maximum Gasteiger partial charge on any atom is 0.118 e. The first-order valence-corrected chi connectivity index (χ1v) is 10.2. The fourth-order valence-corrected chi connectivity index (χ4v) is 4.80. The Labute approximate surface area is 145 Å². The van der Waals surface area contributed by atoms with Crippen molar-refractivity contribution in [2.45, 2.75) is 44.2 Å². The van der Waals surface area contributed by atoms with E-state index in [1.165, 1.54) is 62.3 Å². The molecule has 0 saturated carbocycles. The van der Waals surface area contributed by atoms with E-state index in [4.69, 9.17) is 4.74 Å². The van der Waals surface area contributed by atoms with Crippen molar-refractivity contribution in [3.8, 4) is 5.75 Å². The van der Waals surface area contributed by atoms with E-state index in [9.17, 15) is 0 Å². The molecule has 1 aromatic rings. The van der Waals surface area contributed by atoms with Gasteiger partial charge >= 0.3 is 0 Å². The zero-order chi connectivity index (χ0) is 15.9. The Morgan fingerprint density at radius 3 is 2.48 bits per heavy atom. The van der Waals surface area contributed by atoms with E-state index in [-0.39, 0.29) is 0 Å². The molecule has 0 aliphatic carbocycles. The topological polar surface area (TPSA) is 24.5 Å². The SMILES string of the molecule is COc1ccc(C(CNC2CCSCC2)N2CCCCC2)cc1. The molecule has 1 aromatic carbocycles. The molecule has 0 amide bonds. The number of likely N-dealkylation sites (tertiary alicyclic amines) is 1. The van der Waals surface area contributed by atoms with Gasteiger partial charge in [-0.1, -0.05) is 18.6 Å². The van der Waals surface area contributed by atoms with Gasteiger partial charge in [-0.2, -0.15) is 11.8 Å². The summed E-state index contributed by atoms with van der Waals surface area (Å²) in [5.41, 5.74) is 1.42. The second-order valence-electron chi connectivity index (χ2n) is 6.68. The Balaban J connectivity index is 1.66. The van der Waals surface area contributed by atoms with Crippen LogP contribution in [0.1, 0.15) is 43.7 Å². The van der Waals surface area contributed by atoms with Crippen LogP contribution in [0.25, 0.3) is 0 Å². The van der Waals surface area contributed by atoms with Gasteiger partial charge in [0.15, 0.2) is 0 Å². The summed E-state index contributed by atoms with van der Waals surface area (Å²) in [5.74, 6) is 3.58. The van der Waals surface area contributed by atoms with Crippen LogP contribution in [0.2, 0.25) is 0 Å². The number of ether oxygens (including phenoxy) is 1. The van der Waals surface area contributed by atoms with Gasteiger partial charge in [0.05, 0.1) is 7.11 Å². The zero-order valence-electron chi connectivity index (χ0n) is 14.3. The molecule has 3 rings (SSSR count). The second kappa shape index (κ2) is 8.95. The third-order valence-electron chi connectivity index (χ3n) is 5.15. The Kier molecular flexibility index (Phi) is 6.67. The lowest BCUT2D eigenvalue weighted by molar-refractivity contribution is 0.156. The largest absolute Gasteiger partial charge is 0.497 e. The van der Waals surface area contributed by atoms with Crippen LogP contribution in [0, 0.1) is 0 Å². The molecule has 0 aromatic heterocycles. The molecule has 2 aliphatic heterocycles. The first-order valence-electron chi connectivity index (χ1n) is 9.06.